The van der Waals surface area contributed by atoms with Crippen LogP contribution >= 0.6 is 23.1 Å². The van der Waals surface area contributed by atoms with Gasteiger partial charge in [0.2, 0.25) is 5.78 Å². The summed E-state index contributed by atoms with van der Waals surface area (Å²) in [7, 11) is 0. The number of thioether (sulfide) groups is 1. The van der Waals surface area contributed by atoms with E-state index < -0.39 is 5.25 Å². The molecule has 2 aromatic carbocycles. The minimum Gasteiger partial charge on any atom is -0.292 e. The molecule has 0 bridgehead atoms. The number of rotatable bonds is 4. The van der Waals surface area contributed by atoms with E-state index in [1.807, 2.05) is 53.9 Å². The summed E-state index contributed by atoms with van der Waals surface area (Å²) in [6.45, 7) is 0. The van der Waals surface area contributed by atoms with Gasteiger partial charge >= 0.3 is 0 Å². The van der Waals surface area contributed by atoms with Crippen molar-refractivity contribution in [2.75, 3.05) is 0 Å². The van der Waals surface area contributed by atoms with Gasteiger partial charge in [-0.05, 0) is 23.6 Å². The molecule has 0 saturated carbocycles. The van der Waals surface area contributed by atoms with Crippen molar-refractivity contribution in [2.24, 2.45) is 4.99 Å². The van der Waals surface area contributed by atoms with Crippen LogP contribution < -0.4 is 0 Å². The summed E-state index contributed by atoms with van der Waals surface area (Å²) >= 11 is 2.76. The molecule has 1 aliphatic rings. The Labute approximate surface area is 153 Å². The van der Waals surface area contributed by atoms with Gasteiger partial charge in [-0.1, -0.05) is 48.5 Å². The fraction of sp³-hybridized carbons (Fsp3) is 0.0500. The van der Waals surface area contributed by atoms with E-state index in [4.69, 9.17) is 0 Å². The Bertz CT molecular complexity index is 962. The molecule has 1 aliphatic heterocycles. The molecule has 0 N–H and O–H groups in total. The molecule has 3 aromatic rings. The average Bonchev–Trinajstić information content (AvgIpc) is 3.21. The van der Waals surface area contributed by atoms with E-state index in [9.17, 15) is 9.59 Å². The molecular weight excluding hydrogens is 350 g/mol. The molecule has 4 rings (SSSR count). The van der Waals surface area contributed by atoms with Crippen LogP contribution in [0.1, 0.15) is 20.0 Å². The molecule has 1 atom stereocenters. The van der Waals surface area contributed by atoms with Crippen LogP contribution in [0.15, 0.2) is 82.0 Å². The second-order valence-electron chi connectivity index (χ2n) is 5.50. The van der Waals surface area contributed by atoms with Crippen LogP contribution in [0, 0.1) is 0 Å². The van der Waals surface area contributed by atoms with Crippen molar-refractivity contribution < 1.29 is 9.59 Å². The zero-order valence-corrected chi connectivity index (χ0v) is 14.7. The van der Waals surface area contributed by atoms with Crippen LogP contribution in [0.5, 0.6) is 0 Å². The predicted molar refractivity (Wildman–Crippen MR) is 103 cm³/mol. The fourth-order valence-corrected chi connectivity index (χ4v) is 4.49. The minimum atomic E-state index is -0.633. The Morgan fingerprint density at radius 3 is 2.40 bits per heavy atom. The smallest absolute Gasteiger partial charge is 0.218 e. The number of ketones is 2. The van der Waals surface area contributed by atoms with Crippen LogP contribution in [0.4, 0.5) is 5.69 Å². The molecule has 5 heteroatoms. The number of fused-ring (bicyclic) bond motifs is 1. The molecule has 0 saturated heterocycles. The van der Waals surface area contributed by atoms with Gasteiger partial charge in [0, 0.05) is 10.5 Å². The molecule has 0 radical (unpaired) electrons. The first-order valence-electron chi connectivity index (χ1n) is 7.76. The second kappa shape index (κ2) is 6.78. The third-order valence-electron chi connectivity index (χ3n) is 3.87. The van der Waals surface area contributed by atoms with E-state index >= 15 is 0 Å². The second-order valence-corrected chi connectivity index (χ2v) is 7.59. The Hall–Kier alpha value is -2.50. The average molecular weight is 363 g/mol. The van der Waals surface area contributed by atoms with E-state index in [1.165, 1.54) is 23.1 Å². The summed E-state index contributed by atoms with van der Waals surface area (Å²) in [5.74, 6) is -0.268. The van der Waals surface area contributed by atoms with Crippen molar-refractivity contribution in [2.45, 2.75) is 10.1 Å². The zero-order chi connectivity index (χ0) is 17.2. The number of carbonyl (C=O) groups is 2. The normalized spacial score (nSPS) is 16.0. The van der Waals surface area contributed by atoms with Gasteiger partial charge in [0.1, 0.15) is 11.0 Å². The first-order chi connectivity index (χ1) is 12.2. The lowest BCUT2D eigenvalue weighted by Gasteiger charge is -2.22. The Morgan fingerprint density at radius 2 is 1.64 bits per heavy atom. The molecule has 0 amide bonds. The van der Waals surface area contributed by atoms with Gasteiger partial charge in [0.15, 0.2) is 5.78 Å². The summed E-state index contributed by atoms with van der Waals surface area (Å²) in [6.07, 6.45) is 0. The van der Waals surface area contributed by atoms with Gasteiger partial charge < -0.3 is 0 Å². The predicted octanol–water partition coefficient (Wildman–Crippen LogP) is 5.06. The minimum absolute atomic E-state index is 0.0937. The lowest BCUT2D eigenvalue weighted by atomic mass is 10.0. The van der Waals surface area contributed by atoms with Crippen LogP contribution in [-0.2, 0) is 0 Å². The van der Waals surface area contributed by atoms with Gasteiger partial charge in [0.25, 0.3) is 0 Å². The number of benzene rings is 2. The monoisotopic (exact) mass is 363 g/mol. The van der Waals surface area contributed by atoms with Crippen molar-refractivity contribution in [3.63, 3.8) is 0 Å². The highest BCUT2D eigenvalue weighted by Gasteiger charge is 2.35. The topological polar surface area (TPSA) is 46.5 Å². The Balaban J connectivity index is 1.79. The standard InChI is InChI=1S/C20H13NO2S2/c22-18(13-7-2-1-3-8-13)20-17(19(23)16-11-6-12-24-16)21-14-9-4-5-10-15(14)25-20/h1-12,20H. The van der Waals surface area contributed by atoms with Gasteiger partial charge in [0.05, 0.1) is 10.6 Å². The molecule has 1 aromatic heterocycles. The largest absolute Gasteiger partial charge is 0.292 e. The van der Waals surface area contributed by atoms with Gasteiger partial charge in [-0.25, -0.2) is 4.99 Å². The van der Waals surface area contributed by atoms with Crippen LogP contribution in [0.3, 0.4) is 0 Å². The number of aliphatic imine (C=N–C) groups is 1. The summed E-state index contributed by atoms with van der Waals surface area (Å²) in [6, 6.07) is 20.3. The molecule has 0 fully saturated rings. The molecule has 3 nitrogen and oxygen atoms in total. The lowest BCUT2D eigenvalue weighted by Crippen LogP contribution is -2.34. The summed E-state index contributed by atoms with van der Waals surface area (Å²) in [5.41, 5.74) is 1.63. The number of nitrogens with zero attached hydrogens (tertiary/aromatic N) is 1. The van der Waals surface area contributed by atoms with Crippen molar-refractivity contribution in [1.82, 2.24) is 0 Å². The van der Waals surface area contributed by atoms with Crippen molar-refractivity contribution in [1.29, 1.82) is 0 Å². The molecule has 122 valence electrons. The van der Waals surface area contributed by atoms with Crippen LogP contribution in [0.2, 0.25) is 0 Å². The number of hydrogen-bond donors (Lipinski definition) is 0. The maximum atomic E-state index is 13.0. The van der Waals surface area contributed by atoms with E-state index in [0.717, 1.165) is 10.6 Å². The third-order valence-corrected chi connectivity index (χ3v) is 6.01. The van der Waals surface area contributed by atoms with E-state index in [0.29, 0.717) is 16.2 Å². The fourth-order valence-electron chi connectivity index (χ4n) is 2.66. The number of para-hydroxylation sites is 1. The highest BCUT2D eigenvalue weighted by atomic mass is 32.2. The molecule has 0 spiro atoms. The van der Waals surface area contributed by atoms with Crippen molar-refractivity contribution in [3.05, 3.63) is 82.6 Å². The molecule has 1 unspecified atom stereocenters. The molecule has 2 heterocycles. The van der Waals surface area contributed by atoms with Crippen LogP contribution in [0.25, 0.3) is 0 Å². The highest BCUT2D eigenvalue weighted by molar-refractivity contribution is 8.01. The number of thiophene rings is 1. The van der Waals surface area contributed by atoms with E-state index in [2.05, 4.69) is 4.99 Å². The zero-order valence-electron chi connectivity index (χ0n) is 13.1. The highest BCUT2D eigenvalue weighted by Crippen LogP contribution is 2.39. The molecule has 0 aliphatic carbocycles. The van der Waals surface area contributed by atoms with Crippen molar-refractivity contribution in [3.8, 4) is 0 Å². The maximum Gasteiger partial charge on any atom is 0.218 e. The SMILES string of the molecule is O=C(C1=Nc2ccccc2SC1C(=O)c1ccccc1)c1cccs1. The van der Waals surface area contributed by atoms with Gasteiger partial charge in [-0.15, -0.1) is 23.1 Å². The summed E-state index contributed by atoms with van der Waals surface area (Å²) in [4.78, 5) is 32.1. The summed E-state index contributed by atoms with van der Waals surface area (Å²) in [5, 5.41) is 1.22. The first kappa shape index (κ1) is 16.0. The molecular formula is C20H13NO2S2. The summed E-state index contributed by atoms with van der Waals surface area (Å²) < 4.78 is 0. The van der Waals surface area contributed by atoms with E-state index in [1.54, 1.807) is 18.2 Å². The van der Waals surface area contributed by atoms with Crippen molar-refractivity contribution >= 4 is 46.1 Å². The van der Waals surface area contributed by atoms with Gasteiger partial charge in [-0.3, -0.25) is 9.59 Å². The Morgan fingerprint density at radius 1 is 0.880 bits per heavy atom. The number of hydrogen-bond acceptors (Lipinski definition) is 5. The Kier molecular flexibility index (Phi) is 4.34. The number of carbonyl (C=O) groups excluding carboxylic acids is 2. The van der Waals surface area contributed by atoms with Crippen LogP contribution in [-0.4, -0.2) is 22.5 Å². The maximum absolute atomic E-state index is 13.0. The number of Topliss-reactive ketones (excluding diaryl/α,β-unsaturated/α-hetero) is 2. The lowest BCUT2D eigenvalue weighted by molar-refractivity contribution is 0.0990. The molecule has 25 heavy (non-hydrogen) atoms. The van der Waals surface area contributed by atoms with Gasteiger partial charge in [-0.2, -0.15) is 0 Å². The first-order valence-corrected chi connectivity index (χ1v) is 9.52. The van der Waals surface area contributed by atoms with E-state index in [-0.39, 0.29) is 11.6 Å². The third kappa shape index (κ3) is 3.08. The quantitative estimate of drug-likeness (QED) is 0.609.